The number of nitrogens with zero attached hydrogens (tertiary/aromatic N) is 1. The molecule has 1 heterocycles. The Morgan fingerprint density at radius 3 is 2.70 bits per heavy atom. The van der Waals surface area contributed by atoms with E-state index in [1.807, 2.05) is 11.9 Å². The van der Waals surface area contributed by atoms with Crippen LogP contribution in [0.3, 0.4) is 0 Å². The summed E-state index contributed by atoms with van der Waals surface area (Å²) in [4.78, 5) is 13.3. The fraction of sp³-hybridized carbons (Fsp3) is 0.923. The lowest BCUT2D eigenvalue weighted by Crippen LogP contribution is -2.51. The van der Waals surface area contributed by atoms with Gasteiger partial charge in [-0.15, -0.1) is 0 Å². The first-order valence-corrected chi connectivity index (χ1v) is 9.00. The molecule has 2 fully saturated rings. The van der Waals surface area contributed by atoms with Gasteiger partial charge >= 0.3 is 5.97 Å². The van der Waals surface area contributed by atoms with Crippen molar-refractivity contribution in [3.63, 3.8) is 0 Å². The van der Waals surface area contributed by atoms with E-state index in [1.54, 1.807) is 0 Å². The van der Waals surface area contributed by atoms with Crippen LogP contribution >= 0.6 is 0 Å². The Morgan fingerprint density at radius 1 is 1.45 bits per heavy atom. The number of aliphatic carboxylic acids is 1. The summed E-state index contributed by atoms with van der Waals surface area (Å²) in [6.45, 7) is 0.705. The minimum Gasteiger partial charge on any atom is -0.480 e. The molecule has 2 rings (SSSR count). The fourth-order valence-corrected chi connectivity index (χ4v) is 5.26. The molecule has 1 saturated heterocycles. The summed E-state index contributed by atoms with van der Waals surface area (Å²) >= 11 is 0. The van der Waals surface area contributed by atoms with E-state index >= 15 is 0 Å². The zero-order valence-corrected chi connectivity index (χ0v) is 12.7. The molecule has 1 aliphatic heterocycles. The Bertz CT molecular complexity index is 479. The van der Waals surface area contributed by atoms with Crippen molar-refractivity contribution in [3.8, 4) is 0 Å². The number of rotatable bonds is 5. The van der Waals surface area contributed by atoms with E-state index in [0.29, 0.717) is 19.4 Å². The molecule has 116 valence electrons. The largest absolute Gasteiger partial charge is 0.480 e. The standard InChI is InChI=1S/C13H24N2O4S/c1-15(11-5-8-20(18,19)9-11)7-4-10-3-2-6-13(10,14)12(16)17/h10-11H,2-9,14H2,1H3,(H,16,17). The molecule has 0 aromatic carbocycles. The second-order valence-corrected chi connectivity index (χ2v) is 8.49. The fourth-order valence-electron chi connectivity index (χ4n) is 3.45. The van der Waals surface area contributed by atoms with E-state index < -0.39 is 21.3 Å². The average Bonchev–Trinajstić information content (AvgIpc) is 2.90. The minimum absolute atomic E-state index is 0.0135. The van der Waals surface area contributed by atoms with Crippen LogP contribution < -0.4 is 5.73 Å². The summed E-state index contributed by atoms with van der Waals surface area (Å²) in [5.41, 5.74) is 4.92. The third-order valence-corrected chi connectivity index (χ3v) is 6.68. The normalized spacial score (nSPS) is 36.5. The molecule has 7 heteroatoms. The maximum atomic E-state index is 11.5. The number of nitrogens with two attached hydrogens (primary N) is 1. The van der Waals surface area contributed by atoms with Gasteiger partial charge in [-0.25, -0.2) is 8.42 Å². The summed E-state index contributed by atoms with van der Waals surface area (Å²) < 4.78 is 22.9. The van der Waals surface area contributed by atoms with Gasteiger partial charge in [0.05, 0.1) is 11.5 Å². The van der Waals surface area contributed by atoms with Crippen LogP contribution in [0.1, 0.15) is 32.1 Å². The lowest BCUT2D eigenvalue weighted by molar-refractivity contribution is -0.144. The summed E-state index contributed by atoms with van der Waals surface area (Å²) in [5, 5.41) is 9.27. The van der Waals surface area contributed by atoms with Crippen LogP contribution in [-0.4, -0.2) is 61.1 Å². The first kappa shape index (κ1) is 15.7. The first-order valence-electron chi connectivity index (χ1n) is 7.17. The molecule has 3 unspecified atom stereocenters. The Labute approximate surface area is 120 Å². The van der Waals surface area contributed by atoms with Crippen molar-refractivity contribution in [1.29, 1.82) is 0 Å². The zero-order valence-electron chi connectivity index (χ0n) is 11.9. The van der Waals surface area contributed by atoms with Crippen LogP contribution in [-0.2, 0) is 14.6 Å². The summed E-state index contributed by atoms with van der Waals surface area (Å²) in [7, 11) is -0.958. The second-order valence-electron chi connectivity index (χ2n) is 6.26. The number of carboxylic acids is 1. The van der Waals surface area contributed by atoms with Crippen molar-refractivity contribution in [1.82, 2.24) is 4.90 Å². The Balaban J connectivity index is 1.88. The lowest BCUT2D eigenvalue weighted by atomic mass is 9.85. The lowest BCUT2D eigenvalue weighted by Gasteiger charge is -2.30. The van der Waals surface area contributed by atoms with Gasteiger partial charge in [0.1, 0.15) is 5.54 Å². The highest BCUT2D eigenvalue weighted by atomic mass is 32.2. The van der Waals surface area contributed by atoms with Gasteiger partial charge in [0, 0.05) is 6.04 Å². The van der Waals surface area contributed by atoms with Crippen molar-refractivity contribution in [2.45, 2.75) is 43.7 Å². The SMILES string of the molecule is CN(CCC1CCCC1(N)C(=O)O)C1CCS(=O)(=O)C1. The highest BCUT2D eigenvalue weighted by molar-refractivity contribution is 7.91. The smallest absolute Gasteiger partial charge is 0.323 e. The van der Waals surface area contributed by atoms with Crippen LogP contribution in [0.15, 0.2) is 0 Å². The number of carboxylic acid groups (broad SMARTS) is 1. The maximum Gasteiger partial charge on any atom is 0.323 e. The summed E-state index contributed by atoms with van der Waals surface area (Å²) in [5.74, 6) is -0.436. The van der Waals surface area contributed by atoms with Gasteiger partial charge in [-0.1, -0.05) is 6.42 Å². The Morgan fingerprint density at radius 2 is 2.15 bits per heavy atom. The van der Waals surface area contributed by atoms with E-state index in [2.05, 4.69) is 0 Å². The molecule has 0 bridgehead atoms. The van der Waals surface area contributed by atoms with Crippen LogP contribution in [0.5, 0.6) is 0 Å². The topological polar surface area (TPSA) is 101 Å². The van der Waals surface area contributed by atoms with Crippen LogP contribution in [0.4, 0.5) is 0 Å². The molecule has 1 aliphatic carbocycles. The molecule has 0 spiro atoms. The third kappa shape index (κ3) is 3.15. The average molecular weight is 304 g/mol. The van der Waals surface area contributed by atoms with E-state index in [4.69, 9.17) is 5.73 Å². The van der Waals surface area contributed by atoms with Crippen LogP contribution in [0.2, 0.25) is 0 Å². The number of carbonyl (C=O) groups is 1. The molecular weight excluding hydrogens is 280 g/mol. The predicted molar refractivity (Wildman–Crippen MR) is 76.2 cm³/mol. The third-order valence-electron chi connectivity index (χ3n) is 4.93. The van der Waals surface area contributed by atoms with Gasteiger partial charge in [0.15, 0.2) is 9.84 Å². The van der Waals surface area contributed by atoms with E-state index in [9.17, 15) is 18.3 Å². The van der Waals surface area contributed by atoms with Crippen molar-refractivity contribution < 1.29 is 18.3 Å². The molecule has 0 radical (unpaired) electrons. The van der Waals surface area contributed by atoms with Gasteiger partial charge in [-0.3, -0.25) is 4.79 Å². The van der Waals surface area contributed by atoms with E-state index in [0.717, 1.165) is 19.3 Å². The van der Waals surface area contributed by atoms with Crippen molar-refractivity contribution in [3.05, 3.63) is 0 Å². The molecule has 1 saturated carbocycles. The number of hydrogen-bond donors (Lipinski definition) is 2. The van der Waals surface area contributed by atoms with E-state index in [1.165, 1.54) is 0 Å². The molecule has 0 aromatic heterocycles. The van der Waals surface area contributed by atoms with Gasteiger partial charge < -0.3 is 15.7 Å². The summed E-state index contributed by atoms with van der Waals surface area (Å²) in [6.07, 6.45) is 3.63. The molecule has 2 aliphatic rings. The Kier molecular flexibility index (Phi) is 4.41. The highest BCUT2D eigenvalue weighted by Gasteiger charge is 2.45. The van der Waals surface area contributed by atoms with Gasteiger partial charge in [-0.2, -0.15) is 0 Å². The van der Waals surface area contributed by atoms with Gasteiger partial charge in [-0.05, 0) is 45.2 Å². The Hall–Kier alpha value is -0.660. The minimum atomic E-state index is -2.87. The van der Waals surface area contributed by atoms with Crippen molar-refractivity contribution in [2.75, 3.05) is 25.1 Å². The quantitative estimate of drug-likeness (QED) is 0.746. The van der Waals surface area contributed by atoms with Crippen LogP contribution in [0, 0.1) is 5.92 Å². The molecule has 0 aromatic rings. The predicted octanol–water partition coefficient (Wildman–Crippen LogP) is 0.0776. The van der Waals surface area contributed by atoms with E-state index in [-0.39, 0.29) is 23.5 Å². The molecule has 6 nitrogen and oxygen atoms in total. The molecular formula is C13H24N2O4S. The van der Waals surface area contributed by atoms with Crippen molar-refractivity contribution in [2.24, 2.45) is 11.7 Å². The monoisotopic (exact) mass is 304 g/mol. The molecule has 20 heavy (non-hydrogen) atoms. The van der Waals surface area contributed by atoms with Gasteiger partial charge in [0.2, 0.25) is 0 Å². The maximum absolute atomic E-state index is 11.5. The summed E-state index contributed by atoms with van der Waals surface area (Å²) in [6, 6.07) is 0.0680. The second kappa shape index (κ2) is 5.61. The molecule has 3 N–H and O–H groups in total. The number of sulfone groups is 1. The number of hydrogen-bond acceptors (Lipinski definition) is 5. The van der Waals surface area contributed by atoms with Crippen LogP contribution in [0.25, 0.3) is 0 Å². The zero-order chi connectivity index (χ0) is 15.0. The first-order chi connectivity index (χ1) is 9.24. The van der Waals surface area contributed by atoms with Crippen molar-refractivity contribution >= 4 is 15.8 Å². The molecule has 3 atom stereocenters. The van der Waals surface area contributed by atoms with Gasteiger partial charge in [0.25, 0.3) is 0 Å². The molecule has 0 amide bonds. The highest BCUT2D eigenvalue weighted by Crippen LogP contribution is 2.36.